The van der Waals surface area contributed by atoms with Crippen LogP contribution in [-0.4, -0.2) is 0 Å². The fourth-order valence-electron chi connectivity index (χ4n) is 3.23. The molecule has 0 N–H and O–H groups in total. The Bertz CT molecular complexity index is 641. The topological polar surface area (TPSA) is 0 Å². The van der Waals surface area contributed by atoms with Gasteiger partial charge < -0.3 is 6.92 Å². The first kappa shape index (κ1) is 21.5. The molecule has 0 spiro atoms. The molecule has 0 aliphatic heterocycles. The summed E-state index contributed by atoms with van der Waals surface area (Å²) in [6, 6.07) is 14.5. The molecule has 2 aromatic carbocycles. The minimum Gasteiger partial charge on any atom is -0.338 e. The van der Waals surface area contributed by atoms with Crippen molar-refractivity contribution in [2.75, 3.05) is 0 Å². The molecule has 0 radical (unpaired) electrons. The van der Waals surface area contributed by atoms with Crippen LogP contribution in [0.3, 0.4) is 0 Å². The van der Waals surface area contributed by atoms with E-state index in [2.05, 4.69) is 84.9 Å². The first-order valence-corrected chi connectivity index (χ1v) is 8.74. The molecule has 1 atom stereocenters. The van der Waals surface area contributed by atoms with Gasteiger partial charge in [0.25, 0.3) is 0 Å². The largest absolute Gasteiger partial charge is 2.00 e. The van der Waals surface area contributed by atoms with E-state index in [-0.39, 0.29) is 37.0 Å². The standard InChI is InChI=1S/C23H30.U/c1-15(2)21-9-8-10-22(16(3)4)23(21)14-19(7)20-12-11-17(5)18(6)13-20;/h8-11,13,15-16,19H,7,14H2,1-6H3;/q-2;+2. The van der Waals surface area contributed by atoms with Crippen LogP contribution < -0.4 is 0 Å². The van der Waals surface area contributed by atoms with Crippen LogP contribution in [-0.2, 0) is 6.42 Å². The maximum Gasteiger partial charge on any atom is 2.00 e. The minimum atomic E-state index is 0. The van der Waals surface area contributed by atoms with E-state index in [0.717, 1.165) is 6.42 Å². The Morgan fingerprint density at radius 1 is 0.958 bits per heavy atom. The molecule has 0 bridgehead atoms. The Morgan fingerprint density at radius 2 is 1.50 bits per heavy atom. The van der Waals surface area contributed by atoms with Gasteiger partial charge in [0.1, 0.15) is 0 Å². The predicted molar refractivity (Wildman–Crippen MR) is 101 cm³/mol. The Labute approximate surface area is 172 Å². The first-order chi connectivity index (χ1) is 10.8. The fraction of sp³-hybridized carbons (Fsp3) is 0.435. The molecule has 0 aliphatic rings. The normalized spacial score (nSPS) is 12.4. The van der Waals surface area contributed by atoms with E-state index in [9.17, 15) is 0 Å². The molecular weight excluding hydrogens is 514 g/mol. The van der Waals surface area contributed by atoms with Crippen molar-refractivity contribution in [2.24, 2.45) is 0 Å². The van der Waals surface area contributed by atoms with Gasteiger partial charge in [0.2, 0.25) is 0 Å². The molecule has 0 aromatic heterocycles. The second kappa shape index (κ2) is 9.26. The summed E-state index contributed by atoms with van der Waals surface area (Å²) in [5.41, 5.74) is 8.27. The second-order valence-electron chi connectivity index (χ2n) is 7.38. The van der Waals surface area contributed by atoms with Gasteiger partial charge in [-0.25, -0.2) is 0 Å². The molecule has 0 nitrogen and oxygen atoms in total. The van der Waals surface area contributed by atoms with Crippen molar-refractivity contribution in [3.05, 3.63) is 76.7 Å². The Balaban J connectivity index is 0.00000288. The Hall–Kier alpha value is -0.508. The first-order valence-electron chi connectivity index (χ1n) is 8.74. The monoisotopic (exact) mass is 544 g/mol. The Morgan fingerprint density at radius 3 is 1.96 bits per heavy atom. The van der Waals surface area contributed by atoms with Gasteiger partial charge in [-0.3, -0.25) is 0 Å². The fourth-order valence-corrected chi connectivity index (χ4v) is 3.23. The van der Waals surface area contributed by atoms with Crippen molar-refractivity contribution in [1.29, 1.82) is 0 Å². The van der Waals surface area contributed by atoms with Gasteiger partial charge in [-0.05, 0) is 28.5 Å². The zero-order valence-electron chi connectivity index (χ0n) is 16.0. The summed E-state index contributed by atoms with van der Waals surface area (Å²) in [6.45, 7) is 17.9. The van der Waals surface area contributed by atoms with Gasteiger partial charge in [-0.1, -0.05) is 66.2 Å². The minimum absolute atomic E-state index is 0. The van der Waals surface area contributed by atoms with E-state index in [1.54, 1.807) is 0 Å². The summed E-state index contributed by atoms with van der Waals surface area (Å²) < 4.78 is 0. The van der Waals surface area contributed by atoms with Gasteiger partial charge in [0.05, 0.1) is 0 Å². The van der Waals surface area contributed by atoms with Crippen molar-refractivity contribution in [2.45, 2.75) is 65.7 Å². The smallest absolute Gasteiger partial charge is 0.338 e. The quantitative estimate of drug-likeness (QED) is 0.377. The molecule has 1 unspecified atom stereocenters. The summed E-state index contributed by atoms with van der Waals surface area (Å²) >= 11 is 0. The molecule has 126 valence electrons. The number of hydrogen-bond acceptors (Lipinski definition) is 0. The molecule has 0 saturated heterocycles. The maximum atomic E-state index is 4.44. The summed E-state index contributed by atoms with van der Waals surface area (Å²) in [5.74, 6) is 1.32. The predicted octanol–water partition coefficient (Wildman–Crippen LogP) is 6.51. The van der Waals surface area contributed by atoms with Crippen LogP contribution in [0.2, 0.25) is 0 Å². The third-order valence-electron chi connectivity index (χ3n) is 4.83. The molecule has 0 aliphatic carbocycles. The van der Waals surface area contributed by atoms with Crippen LogP contribution >= 0.6 is 0 Å². The van der Waals surface area contributed by atoms with E-state index in [1.807, 2.05) is 0 Å². The number of aryl methyl sites for hydroxylation is 2. The van der Waals surface area contributed by atoms with Gasteiger partial charge in [0, 0.05) is 0 Å². The van der Waals surface area contributed by atoms with Crippen molar-refractivity contribution in [1.82, 2.24) is 0 Å². The third kappa shape index (κ3) is 5.00. The van der Waals surface area contributed by atoms with E-state index in [1.165, 1.54) is 33.4 Å². The number of benzene rings is 2. The van der Waals surface area contributed by atoms with Crippen molar-refractivity contribution in [3.63, 3.8) is 0 Å². The van der Waals surface area contributed by atoms with E-state index in [4.69, 9.17) is 0 Å². The van der Waals surface area contributed by atoms with Crippen LogP contribution in [0.25, 0.3) is 0 Å². The molecule has 0 amide bonds. The van der Waals surface area contributed by atoms with Crippen LogP contribution in [0.15, 0.2) is 30.3 Å². The molecule has 24 heavy (non-hydrogen) atoms. The molecule has 2 rings (SSSR count). The average molecular weight is 545 g/mol. The van der Waals surface area contributed by atoms with Crippen LogP contribution in [0.4, 0.5) is 0 Å². The molecule has 0 fully saturated rings. The van der Waals surface area contributed by atoms with Gasteiger partial charge >= 0.3 is 31.1 Å². The molecule has 0 saturated carbocycles. The van der Waals surface area contributed by atoms with E-state index >= 15 is 0 Å². The second-order valence-corrected chi connectivity index (χ2v) is 7.38. The van der Waals surface area contributed by atoms with Crippen LogP contribution in [0.1, 0.15) is 78.8 Å². The van der Waals surface area contributed by atoms with Gasteiger partial charge in [-0.15, -0.1) is 0 Å². The van der Waals surface area contributed by atoms with Gasteiger partial charge in [-0.2, -0.15) is 40.8 Å². The maximum absolute atomic E-state index is 4.44. The SMILES string of the molecule is [CH2-]C(Cc1c(C(C)C)cccc1C(C)C)c1[c-]cc(C)c(C)c1.[U+2]. The molecular formula is C23H30U. The molecule has 2 aromatic rings. The van der Waals surface area contributed by atoms with Gasteiger partial charge in [0.15, 0.2) is 0 Å². The molecule has 1 heteroatoms. The summed E-state index contributed by atoms with van der Waals surface area (Å²) in [4.78, 5) is 0. The zero-order valence-corrected chi connectivity index (χ0v) is 20.2. The third-order valence-corrected chi connectivity index (χ3v) is 4.83. The summed E-state index contributed by atoms with van der Waals surface area (Å²) in [6.07, 6.45) is 0.987. The van der Waals surface area contributed by atoms with Crippen LogP contribution in [0.5, 0.6) is 0 Å². The summed E-state index contributed by atoms with van der Waals surface area (Å²) in [7, 11) is 0. The van der Waals surface area contributed by atoms with E-state index in [0.29, 0.717) is 11.8 Å². The molecule has 0 heterocycles. The van der Waals surface area contributed by atoms with Crippen molar-refractivity contribution >= 4 is 0 Å². The van der Waals surface area contributed by atoms with Crippen LogP contribution in [0, 0.1) is 58.0 Å². The number of rotatable bonds is 5. The Kier molecular flexibility index (Phi) is 8.31. The zero-order chi connectivity index (χ0) is 17.1. The van der Waals surface area contributed by atoms with Crippen molar-refractivity contribution in [3.8, 4) is 0 Å². The van der Waals surface area contributed by atoms with E-state index < -0.39 is 0 Å². The summed E-state index contributed by atoms with van der Waals surface area (Å²) in [5, 5.41) is 0. The van der Waals surface area contributed by atoms with Crippen molar-refractivity contribution < 1.29 is 31.1 Å². The number of hydrogen-bond donors (Lipinski definition) is 0. The average Bonchev–Trinajstić information content (AvgIpc) is 2.49.